The number of nitrogens with zero attached hydrogens (tertiary/aromatic N) is 6. The van der Waals surface area contributed by atoms with Crippen molar-refractivity contribution in [1.82, 2.24) is 20.1 Å². The molecule has 5 heterocycles. The number of aromatic nitrogens is 4. The van der Waals surface area contributed by atoms with Crippen molar-refractivity contribution < 1.29 is 23.6 Å². The number of anilines is 3. The smallest absolute Gasteiger partial charge is 0.278 e. The first-order valence-electron chi connectivity index (χ1n) is 17.9. The predicted molar refractivity (Wildman–Crippen MR) is 209 cm³/mol. The quantitative estimate of drug-likeness (QED) is 0.182. The van der Waals surface area contributed by atoms with Gasteiger partial charge in [-0.15, -0.1) is 0 Å². The number of hydrogen-bond acceptors (Lipinski definition) is 11. The van der Waals surface area contributed by atoms with E-state index in [0.717, 1.165) is 67.8 Å². The number of carbonyl (C=O) groups is 3. The molecule has 1 saturated heterocycles. The van der Waals surface area contributed by atoms with Crippen LogP contribution in [0.1, 0.15) is 46.4 Å². The van der Waals surface area contributed by atoms with Gasteiger partial charge in [0.2, 0.25) is 5.82 Å². The van der Waals surface area contributed by atoms with E-state index in [-0.39, 0.29) is 29.9 Å². The Morgan fingerprint density at radius 1 is 0.818 bits per heavy atom. The number of fused-ring (bicyclic) bond motifs is 4. The average Bonchev–Trinajstić information content (AvgIpc) is 3.70. The second-order valence-electron chi connectivity index (χ2n) is 13.3. The molecule has 1 aliphatic carbocycles. The summed E-state index contributed by atoms with van der Waals surface area (Å²) >= 11 is 3.14. The highest BCUT2D eigenvalue weighted by Gasteiger charge is 2.38. The van der Waals surface area contributed by atoms with Gasteiger partial charge in [0.15, 0.2) is 0 Å². The number of amides is 3. The second-order valence-corrected chi connectivity index (χ2v) is 15.5. The lowest BCUT2D eigenvalue weighted by atomic mass is 10.1. The first-order chi connectivity index (χ1) is 26.9. The molecule has 1 unspecified atom stereocenters. The van der Waals surface area contributed by atoms with Gasteiger partial charge in [-0.2, -0.15) is 4.98 Å². The van der Waals surface area contributed by atoms with Crippen LogP contribution in [-0.2, 0) is 9.53 Å². The molecule has 2 fully saturated rings. The minimum atomic E-state index is -0.364. The summed E-state index contributed by atoms with van der Waals surface area (Å²) in [4.78, 5) is 58.3. The molecule has 0 bridgehead atoms. The molecule has 4 aliphatic rings. The molecule has 1 N–H and O–H groups in total. The zero-order valence-electron chi connectivity index (χ0n) is 29.5. The Labute approximate surface area is 324 Å². The molecule has 55 heavy (non-hydrogen) atoms. The molecular weight excluding hydrogens is 735 g/mol. The normalized spacial score (nSPS) is 17.1. The topological polar surface area (TPSA) is 144 Å². The summed E-state index contributed by atoms with van der Waals surface area (Å²) in [5, 5.41) is 7.04. The van der Waals surface area contributed by atoms with Crippen molar-refractivity contribution in [3.8, 4) is 23.0 Å². The third kappa shape index (κ3) is 6.99. The van der Waals surface area contributed by atoms with Gasteiger partial charge in [-0.25, -0.2) is 4.98 Å². The number of rotatable bonds is 5. The largest absolute Gasteiger partial charge is 0.368 e. The summed E-state index contributed by atoms with van der Waals surface area (Å²) in [6, 6.07) is 27.2. The highest BCUT2D eigenvalue weighted by molar-refractivity contribution is 8.00. The highest BCUT2D eigenvalue weighted by Crippen LogP contribution is 2.46. The summed E-state index contributed by atoms with van der Waals surface area (Å²) < 4.78 is 10.8. The van der Waals surface area contributed by atoms with Crippen molar-refractivity contribution in [2.45, 2.75) is 57.4 Å². The molecule has 4 aromatic carbocycles. The Morgan fingerprint density at radius 2 is 1.55 bits per heavy atom. The Hall–Kier alpha value is -5.83. The van der Waals surface area contributed by atoms with E-state index in [0.29, 0.717) is 35.3 Å². The maximum atomic E-state index is 13.3. The Balaban J connectivity index is 0.000000147. The van der Waals surface area contributed by atoms with Crippen LogP contribution in [0.5, 0.6) is 0 Å². The van der Waals surface area contributed by atoms with Crippen LogP contribution < -0.4 is 15.1 Å². The first kappa shape index (κ1) is 34.9. The van der Waals surface area contributed by atoms with Crippen LogP contribution in [0.3, 0.4) is 0 Å². The van der Waals surface area contributed by atoms with Gasteiger partial charge in [-0.1, -0.05) is 52.9 Å². The molecule has 0 radical (unpaired) electrons. The minimum Gasteiger partial charge on any atom is -0.368 e. The maximum absolute atomic E-state index is 13.3. The van der Waals surface area contributed by atoms with Crippen LogP contribution in [0.25, 0.3) is 23.0 Å². The van der Waals surface area contributed by atoms with Gasteiger partial charge in [0.25, 0.3) is 23.6 Å². The van der Waals surface area contributed by atoms with Crippen LogP contribution in [0.15, 0.2) is 128 Å². The zero-order chi connectivity index (χ0) is 37.5. The lowest BCUT2D eigenvalue weighted by Gasteiger charge is -2.22. The molecule has 3 amide bonds. The fraction of sp³-hybridized carbons (Fsp3) is 0.195. The van der Waals surface area contributed by atoms with Gasteiger partial charge in [-0.3, -0.25) is 19.4 Å². The molecule has 0 spiro atoms. The van der Waals surface area contributed by atoms with E-state index < -0.39 is 0 Å². The molecule has 6 aromatic rings. The van der Waals surface area contributed by atoms with Crippen molar-refractivity contribution in [2.75, 3.05) is 28.8 Å². The van der Waals surface area contributed by atoms with Gasteiger partial charge in [0, 0.05) is 62.9 Å². The molecule has 1 atom stereocenters. The summed E-state index contributed by atoms with van der Waals surface area (Å²) in [7, 11) is 1.77. The Morgan fingerprint density at radius 3 is 2.25 bits per heavy atom. The van der Waals surface area contributed by atoms with Crippen LogP contribution in [0.4, 0.5) is 17.1 Å². The van der Waals surface area contributed by atoms with E-state index >= 15 is 0 Å². The van der Waals surface area contributed by atoms with E-state index in [4.69, 9.17) is 9.26 Å². The van der Waals surface area contributed by atoms with Gasteiger partial charge in [-0.05, 0) is 86.3 Å². The van der Waals surface area contributed by atoms with E-state index in [1.807, 2.05) is 89.8 Å². The Kier molecular flexibility index (Phi) is 9.38. The van der Waals surface area contributed by atoms with E-state index in [1.54, 1.807) is 42.3 Å². The summed E-state index contributed by atoms with van der Waals surface area (Å²) in [6.07, 6.45) is 8.14. The van der Waals surface area contributed by atoms with Crippen molar-refractivity contribution in [3.05, 3.63) is 115 Å². The van der Waals surface area contributed by atoms with Crippen LogP contribution in [0.2, 0.25) is 0 Å². The maximum Gasteiger partial charge on any atom is 0.278 e. The minimum absolute atomic E-state index is 0.0296. The molecule has 10 rings (SSSR count). The van der Waals surface area contributed by atoms with Crippen LogP contribution in [0, 0.1) is 0 Å². The molecule has 14 heteroatoms. The number of benzene rings is 4. The average molecular weight is 768 g/mol. The number of ether oxygens (including phenoxy) is 1. The lowest BCUT2D eigenvalue weighted by Crippen LogP contribution is -2.32. The third-order valence-corrected chi connectivity index (χ3v) is 11.9. The van der Waals surface area contributed by atoms with Crippen LogP contribution >= 0.6 is 23.5 Å². The van der Waals surface area contributed by atoms with E-state index in [2.05, 4.69) is 25.4 Å². The van der Waals surface area contributed by atoms with Gasteiger partial charge >= 0.3 is 0 Å². The molecule has 3 aliphatic heterocycles. The zero-order valence-corrected chi connectivity index (χ0v) is 31.2. The standard InChI is InChI=1S/C22H15N5O2S.C19H18N2O3S/c28-22-15-3-1-2-4-18(15)30-19-11-13(5-8-17(19)27(22)14-6-7-14)20-25-21(29-26-20)16-12-23-9-10-24-16;1-21-14-9-8-12(20-18(22)15-6-4-10-24-15)11-17(14)25-16-7-3-2-5-13(16)19(21)23/h1-5,8-12,14H,6-7H2;2-3,5,7-9,11,15H,4,6,10H2,1H3,(H,20,22). The van der Waals surface area contributed by atoms with Crippen molar-refractivity contribution in [1.29, 1.82) is 0 Å². The summed E-state index contributed by atoms with van der Waals surface area (Å²) in [5.74, 6) is 0.720. The molecule has 12 nitrogen and oxygen atoms in total. The van der Waals surface area contributed by atoms with Gasteiger partial charge < -0.3 is 24.4 Å². The fourth-order valence-electron chi connectivity index (χ4n) is 6.67. The SMILES string of the molecule is CN1C(=O)c2ccccc2Sc2cc(NC(=O)C3CCCO3)ccc21.O=C1c2ccccc2Sc2cc(-c3noc(-c4cnccn4)n3)ccc2N1C1CC1. The summed E-state index contributed by atoms with van der Waals surface area (Å²) in [6.45, 7) is 0.641. The van der Waals surface area contributed by atoms with Crippen molar-refractivity contribution in [3.63, 3.8) is 0 Å². The molecular formula is C41H33N7O5S2. The molecule has 2 aromatic heterocycles. The molecule has 1 saturated carbocycles. The second kappa shape index (κ2) is 14.8. The van der Waals surface area contributed by atoms with Crippen molar-refractivity contribution >= 4 is 58.3 Å². The van der Waals surface area contributed by atoms with Gasteiger partial charge in [0.1, 0.15) is 11.8 Å². The third-order valence-electron chi connectivity index (χ3n) is 9.61. The van der Waals surface area contributed by atoms with E-state index in [1.165, 1.54) is 11.8 Å². The van der Waals surface area contributed by atoms with Gasteiger partial charge in [0.05, 0.1) is 28.7 Å². The summed E-state index contributed by atoms with van der Waals surface area (Å²) in [5.41, 5.74) is 5.27. The Bertz CT molecular complexity index is 2450. The first-order valence-corrected chi connectivity index (χ1v) is 19.5. The van der Waals surface area contributed by atoms with E-state index in [9.17, 15) is 14.4 Å². The van der Waals surface area contributed by atoms with Crippen LogP contribution in [-0.4, -0.2) is 63.6 Å². The highest BCUT2D eigenvalue weighted by atomic mass is 32.2. The predicted octanol–water partition coefficient (Wildman–Crippen LogP) is 8.01. The number of nitrogens with one attached hydrogen (secondary N) is 1. The number of carbonyl (C=O) groups excluding carboxylic acids is 3. The van der Waals surface area contributed by atoms with Crippen molar-refractivity contribution in [2.24, 2.45) is 0 Å². The lowest BCUT2D eigenvalue weighted by molar-refractivity contribution is -0.124. The molecule has 274 valence electrons. The number of hydrogen-bond donors (Lipinski definition) is 1. The fourth-order valence-corrected chi connectivity index (χ4v) is 8.92. The monoisotopic (exact) mass is 767 g/mol.